The molecule has 0 aliphatic rings. The maximum absolute atomic E-state index is 5.50. The van der Waals surface area contributed by atoms with Crippen LogP contribution < -0.4 is 5.73 Å². The number of hydrogen-bond acceptors (Lipinski definition) is 4. The molecule has 0 aromatic carbocycles. The summed E-state index contributed by atoms with van der Waals surface area (Å²) in [5, 5.41) is 8.04. The van der Waals surface area contributed by atoms with Gasteiger partial charge in [0.05, 0.1) is 6.20 Å². The number of nitrogens with zero attached hydrogens (tertiary/aromatic N) is 3. The molecule has 0 fully saturated rings. The van der Waals surface area contributed by atoms with Crippen LogP contribution in [-0.2, 0) is 11.8 Å². The highest BCUT2D eigenvalue weighted by atomic mass is 16.5. The average molecular weight is 170 g/mol. The van der Waals surface area contributed by atoms with Gasteiger partial charge >= 0.3 is 0 Å². The van der Waals surface area contributed by atoms with E-state index in [0.717, 1.165) is 5.69 Å². The number of rotatable bonds is 4. The van der Waals surface area contributed by atoms with Crippen LogP contribution in [0.1, 0.15) is 18.7 Å². The smallest absolute Gasteiger partial charge is 0.115 e. The second-order valence-corrected chi connectivity index (χ2v) is 2.44. The van der Waals surface area contributed by atoms with E-state index in [1.807, 2.05) is 6.92 Å². The summed E-state index contributed by atoms with van der Waals surface area (Å²) >= 11 is 0. The standard InChI is InChI=1S/C7H14N4O/c1-3-12-7(4-8)6-5-9-11(2)10-6/h5,7H,3-4,8H2,1-2H3. The van der Waals surface area contributed by atoms with Crippen LogP contribution in [0.4, 0.5) is 0 Å². The number of hydrogen-bond donors (Lipinski definition) is 1. The lowest BCUT2D eigenvalue weighted by molar-refractivity contribution is 0.0654. The van der Waals surface area contributed by atoms with Crippen molar-refractivity contribution >= 4 is 0 Å². The minimum absolute atomic E-state index is 0.122. The first kappa shape index (κ1) is 9.15. The Labute approximate surface area is 71.5 Å². The summed E-state index contributed by atoms with van der Waals surface area (Å²) in [7, 11) is 1.77. The summed E-state index contributed by atoms with van der Waals surface area (Å²) in [5.41, 5.74) is 6.29. The van der Waals surface area contributed by atoms with Crippen LogP contribution in [0.3, 0.4) is 0 Å². The molecule has 1 atom stereocenters. The van der Waals surface area contributed by atoms with Gasteiger partial charge in [0.15, 0.2) is 0 Å². The molecular formula is C7H14N4O. The molecule has 1 aromatic heterocycles. The lowest BCUT2D eigenvalue weighted by Gasteiger charge is -2.10. The first-order valence-corrected chi connectivity index (χ1v) is 3.95. The SMILES string of the molecule is CCOC(CN)c1cnn(C)n1. The third kappa shape index (κ3) is 2.02. The molecule has 68 valence electrons. The molecule has 12 heavy (non-hydrogen) atoms. The van der Waals surface area contributed by atoms with Crippen molar-refractivity contribution in [1.82, 2.24) is 15.0 Å². The highest BCUT2D eigenvalue weighted by molar-refractivity contribution is 4.97. The normalized spacial score (nSPS) is 13.2. The molecule has 0 amide bonds. The Kier molecular flexibility index (Phi) is 3.19. The predicted octanol–water partition coefficient (Wildman–Crippen LogP) is -0.149. The lowest BCUT2D eigenvalue weighted by Crippen LogP contribution is -2.16. The van der Waals surface area contributed by atoms with Gasteiger partial charge in [-0.3, -0.25) is 0 Å². The zero-order valence-corrected chi connectivity index (χ0v) is 7.40. The van der Waals surface area contributed by atoms with E-state index < -0.39 is 0 Å². The molecule has 1 unspecified atom stereocenters. The monoisotopic (exact) mass is 170 g/mol. The quantitative estimate of drug-likeness (QED) is 0.682. The van der Waals surface area contributed by atoms with Crippen molar-refractivity contribution in [3.8, 4) is 0 Å². The minimum atomic E-state index is -0.122. The summed E-state index contributed by atoms with van der Waals surface area (Å²) in [5.74, 6) is 0. The molecule has 0 aliphatic heterocycles. The molecule has 5 heteroatoms. The average Bonchev–Trinajstić information content (AvgIpc) is 2.47. The van der Waals surface area contributed by atoms with Gasteiger partial charge in [0.25, 0.3) is 0 Å². The van der Waals surface area contributed by atoms with E-state index in [2.05, 4.69) is 10.2 Å². The van der Waals surface area contributed by atoms with Gasteiger partial charge in [-0.1, -0.05) is 0 Å². The molecule has 0 bridgehead atoms. The molecule has 0 saturated heterocycles. The molecule has 0 aliphatic carbocycles. The van der Waals surface area contributed by atoms with Gasteiger partial charge in [0.1, 0.15) is 11.8 Å². The summed E-state index contributed by atoms with van der Waals surface area (Å²) in [6.07, 6.45) is 1.55. The molecule has 1 aromatic rings. The summed E-state index contributed by atoms with van der Waals surface area (Å²) < 4.78 is 5.35. The fourth-order valence-corrected chi connectivity index (χ4v) is 0.984. The molecule has 0 spiro atoms. The summed E-state index contributed by atoms with van der Waals surface area (Å²) in [6, 6.07) is 0. The third-order valence-electron chi connectivity index (χ3n) is 1.53. The van der Waals surface area contributed by atoms with Crippen molar-refractivity contribution in [2.45, 2.75) is 13.0 Å². The summed E-state index contributed by atoms with van der Waals surface area (Å²) in [6.45, 7) is 3.00. The van der Waals surface area contributed by atoms with Crippen LogP contribution in [0.15, 0.2) is 6.20 Å². The Morgan fingerprint density at radius 3 is 2.92 bits per heavy atom. The second-order valence-electron chi connectivity index (χ2n) is 2.44. The molecule has 1 heterocycles. The first-order chi connectivity index (χ1) is 5.77. The molecular weight excluding hydrogens is 156 g/mol. The van der Waals surface area contributed by atoms with Gasteiger partial charge < -0.3 is 10.5 Å². The first-order valence-electron chi connectivity index (χ1n) is 3.95. The highest BCUT2D eigenvalue weighted by Gasteiger charge is 2.12. The van der Waals surface area contributed by atoms with Crippen molar-refractivity contribution in [2.75, 3.05) is 13.2 Å². The Morgan fingerprint density at radius 1 is 1.75 bits per heavy atom. The molecule has 5 nitrogen and oxygen atoms in total. The topological polar surface area (TPSA) is 66.0 Å². The minimum Gasteiger partial charge on any atom is -0.371 e. The van der Waals surface area contributed by atoms with E-state index >= 15 is 0 Å². The largest absolute Gasteiger partial charge is 0.371 e. The van der Waals surface area contributed by atoms with Crippen molar-refractivity contribution in [3.63, 3.8) is 0 Å². The number of aromatic nitrogens is 3. The predicted molar refractivity (Wildman–Crippen MR) is 44.4 cm³/mol. The van der Waals surface area contributed by atoms with E-state index in [1.54, 1.807) is 13.2 Å². The van der Waals surface area contributed by atoms with Gasteiger partial charge in [-0.2, -0.15) is 15.0 Å². The fourth-order valence-electron chi connectivity index (χ4n) is 0.984. The van der Waals surface area contributed by atoms with Gasteiger partial charge in [-0.05, 0) is 6.92 Å². The third-order valence-corrected chi connectivity index (χ3v) is 1.53. The maximum Gasteiger partial charge on any atom is 0.115 e. The fraction of sp³-hybridized carbons (Fsp3) is 0.714. The Hall–Kier alpha value is -0.940. The number of aryl methyl sites for hydroxylation is 1. The van der Waals surface area contributed by atoms with Gasteiger partial charge in [0, 0.05) is 20.2 Å². The van der Waals surface area contributed by atoms with E-state index in [9.17, 15) is 0 Å². The zero-order chi connectivity index (χ0) is 8.97. The van der Waals surface area contributed by atoms with Gasteiger partial charge in [-0.25, -0.2) is 0 Å². The molecule has 2 N–H and O–H groups in total. The Morgan fingerprint density at radius 2 is 2.50 bits per heavy atom. The van der Waals surface area contributed by atoms with Gasteiger partial charge in [0.2, 0.25) is 0 Å². The number of ether oxygens (including phenoxy) is 1. The van der Waals surface area contributed by atoms with Crippen molar-refractivity contribution in [1.29, 1.82) is 0 Å². The van der Waals surface area contributed by atoms with E-state index in [0.29, 0.717) is 13.2 Å². The zero-order valence-electron chi connectivity index (χ0n) is 7.40. The van der Waals surface area contributed by atoms with E-state index in [1.165, 1.54) is 4.80 Å². The van der Waals surface area contributed by atoms with Crippen molar-refractivity contribution < 1.29 is 4.74 Å². The van der Waals surface area contributed by atoms with E-state index in [-0.39, 0.29) is 6.10 Å². The number of nitrogens with two attached hydrogens (primary N) is 1. The highest BCUT2D eigenvalue weighted by Crippen LogP contribution is 2.11. The second kappa shape index (κ2) is 4.18. The van der Waals surface area contributed by atoms with Gasteiger partial charge in [-0.15, -0.1) is 0 Å². The van der Waals surface area contributed by atoms with Crippen LogP contribution in [-0.4, -0.2) is 28.1 Å². The van der Waals surface area contributed by atoms with Crippen LogP contribution in [0.25, 0.3) is 0 Å². The van der Waals surface area contributed by atoms with Crippen molar-refractivity contribution in [3.05, 3.63) is 11.9 Å². The molecule has 1 rings (SSSR count). The van der Waals surface area contributed by atoms with Crippen LogP contribution in [0.5, 0.6) is 0 Å². The molecule has 0 radical (unpaired) electrons. The molecule has 0 saturated carbocycles. The van der Waals surface area contributed by atoms with Crippen LogP contribution in [0, 0.1) is 0 Å². The van der Waals surface area contributed by atoms with E-state index in [4.69, 9.17) is 10.5 Å². The Bertz CT molecular complexity index is 235. The lowest BCUT2D eigenvalue weighted by atomic mass is 10.3. The maximum atomic E-state index is 5.50. The summed E-state index contributed by atoms with van der Waals surface area (Å²) in [4.78, 5) is 1.50. The van der Waals surface area contributed by atoms with Crippen LogP contribution in [0.2, 0.25) is 0 Å². The van der Waals surface area contributed by atoms with Crippen molar-refractivity contribution in [2.24, 2.45) is 12.8 Å². The van der Waals surface area contributed by atoms with Crippen LogP contribution >= 0.6 is 0 Å². The Balaban J connectivity index is 2.66.